The Bertz CT molecular complexity index is 1380. The van der Waals surface area contributed by atoms with E-state index in [9.17, 15) is 9.59 Å². The Labute approximate surface area is 243 Å². The highest BCUT2D eigenvalue weighted by Gasteiger charge is 2.22. The van der Waals surface area contributed by atoms with E-state index in [1.54, 1.807) is 31.2 Å². The van der Waals surface area contributed by atoms with Gasteiger partial charge in [0.2, 0.25) is 0 Å². The van der Waals surface area contributed by atoms with Crippen molar-refractivity contribution in [1.29, 1.82) is 0 Å². The van der Waals surface area contributed by atoms with Gasteiger partial charge >= 0.3 is 0 Å². The van der Waals surface area contributed by atoms with Crippen LogP contribution in [0.25, 0.3) is 0 Å². The summed E-state index contributed by atoms with van der Waals surface area (Å²) in [5.41, 5.74) is 3.21. The predicted octanol–water partition coefficient (Wildman–Crippen LogP) is 3.71. The summed E-state index contributed by atoms with van der Waals surface area (Å²) >= 11 is 0. The van der Waals surface area contributed by atoms with Crippen LogP contribution >= 0.6 is 0 Å². The monoisotopic (exact) mass is 556 g/mol. The molecule has 0 atom stereocenters. The normalized spacial score (nSPS) is 13.9. The molecule has 10 heteroatoms. The topological polar surface area (TPSA) is 102 Å². The van der Waals surface area contributed by atoms with E-state index in [0.29, 0.717) is 46.0 Å². The molecule has 1 aliphatic rings. The molecule has 4 rings (SSSR count). The van der Waals surface area contributed by atoms with Gasteiger partial charge in [0.05, 0.1) is 49.0 Å². The third kappa shape index (κ3) is 7.86. The van der Waals surface area contributed by atoms with Gasteiger partial charge in [-0.25, -0.2) is 0 Å². The van der Waals surface area contributed by atoms with Crippen molar-refractivity contribution in [3.63, 3.8) is 0 Å². The molecule has 1 fully saturated rings. The minimum Gasteiger partial charge on any atom is -0.497 e. The van der Waals surface area contributed by atoms with Crippen LogP contribution in [0.1, 0.15) is 52.7 Å². The number of ether oxygens (including phenoxy) is 3. The van der Waals surface area contributed by atoms with Crippen LogP contribution in [0, 0.1) is 6.92 Å². The van der Waals surface area contributed by atoms with E-state index in [0.717, 1.165) is 44.2 Å². The SMILES string of the molecule is [B]c1cc(C(C)(C)C)cc(C(=O)Nc2cnc(C)c(C(=O)Nc3ccc(OCCN4CCOCC4)cc3)c2)c1OC. The first-order valence-corrected chi connectivity index (χ1v) is 13.7. The van der Waals surface area contributed by atoms with Crippen LogP contribution in [0.3, 0.4) is 0 Å². The number of hydrogen-bond acceptors (Lipinski definition) is 7. The number of nitrogens with one attached hydrogen (secondary N) is 2. The minimum absolute atomic E-state index is 0.223. The molecule has 2 N–H and O–H groups in total. The summed E-state index contributed by atoms with van der Waals surface area (Å²) in [5, 5.41) is 5.72. The molecule has 214 valence electrons. The lowest BCUT2D eigenvalue weighted by atomic mass is 9.81. The van der Waals surface area contributed by atoms with Crippen LogP contribution in [0.5, 0.6) is 11.5 Å². The van der Waals surface area contributed by atoms with Crippen molar-refractivity contribution in [3.8, 4) is 11.5 Å². The Balaban J connectivity index is 1.41. The molecule has 41 heavy (non-hydrogen) atoms. The van der Waals surface area contributed by atoms with Crippen LogP contribution in [-0.2, 0) is 10.2 Å². The number of morpholine rings is 1. The van der Waals surface area contributed by atoms with E-state index in [1.807, 2.05) is 39.0 Å². The quantitative estimate of drug-likeness (QED) is 0.388. The Morgan fingerprint density at radius 2 is 1.66 bits per heavy atom. The molecule has 1 aromatic heterocycles. The van der Waals surface area contributed by atoms with E-state index in [1.165, 1.54) is 13.3 Å². The summed E-state index contributed by atoms with van der Waals surface area (Å²) < 4.78 is 16.6. The molecular formula is C31H37BN4O5. The maximum Gasteiger partial charge on any atom is 0.259 e. The third-order valence-electron chi connectivity index (χ3n) is 6.91. The number of aryl methyl sites for hydroxylation is 1. The Morgan fingerprint density at radius 1 is 1.00 bits per heavy atom. The second-order valence-electron chi connectivity index (χ2n) is 11.0. The smallest absolute Gasteiger partial charge is 0.259 e. The number of rotatable bonds is 9. The van der Waals surface area contributed by atoms with E-state index in [4.69, 9.17) is 22.1 Å². The zero-order valence-corrected chi connectivity index (χ0v) is 24.4. The Morgan fingerprint density at radius 3 is 2.32 bits per heavy atom. The van der Waals surface area contributed by atoms with Gasteiger partial charge < -0.3 is 24.8 Å². The number of amides is 2. The van der Waals surface area contributed by atoms with Crippen LogP contribution in [-0.4, -0.2) is 76.1 Å². The van der Waals surface area contributed by atoms with E-state index >= 15 is 0 Å². The highest BCUT2D eigenvalue weighted by atomic mass is 16.5. The van der Waals surface area contributed by atoms with Crippen molar-refractivity contribution in [2.45, 2.75) is 33.1 Å². The number of pyridine rings is 1. The second kappa shape index (κ2) is 13.2. The molecule has 0 spiro atoms. The van der Waals surface area contributed by atoms with Crippen molar-refractivity contribution < 1.29 is 23.8 Å². The fraction of sp³-hybridized carbons (Fsp3) is 0.387. The summed E-state index contributed by atoms with van der Waals surface area (Å²) in [7, 11) is 7.67. The maximum absolute atomic E-state index is 13.3. The van der Waals surface area contributed by atoms with E-state index in [-0.39, 0.29) is 11.3 Å². The second-order valence-corrected chi connectivity index (χ2v) is 11.0. The summed E-state index contributed by atoms with van der Waals surface area (Å²) in [4.78, 5) is 33.0. The van der Waals surface area contributed by atoms with Crippen LogP contribution in [0.15, 0.2) is 48.7 Å². The number of hydrogen-bond donors (Lipinski definition) is 2. The number of aromatic nitrogens is 1. The van der Waals surface area contributed by atoms with Crippen LogP contribution in [0.2, 0.25) is 0 Å². The lowest BCUT2D eigenvalue weighted by Gasteiger charge is -2.26. The van der Waals surface area contributed by atoms with Gasteiger partial charge in [-0.05, 0) is 54.3 Å². The van der Waals surface area contributed by atoms with Crippen LogP contribution in [0.4, 0.5) is 11.4 Å². The summed E-state index contributed by atoms with van der Waals surface area (Å²) in [6, 6.07) is 12.4. The lowest BCUT2D eigenvalue weighted by Crippen LogP contribution is -2.38. The lowest BCUT2D eigenvalue weighted by molar-refractivity contribution is 0.0322. The molecule has 9 nitrogen and oxygen atoms in total. The first-order valence-electron chi connectivity index (χ1n) is 13.7. The fourth-order valence-corrected chi connectivity index (χ4v) is 4.46. The minimum atomic E-state index is -0.416. The van der Waals surface area contributed by atoms with Gasteiger partial charge in [0, 0.05) is 25.3 Å². The molecule has 2 radical (unpaired) electrons. The Kier molecular flexibility index (Phi) is 9.67. The number of methoxy groups -OCH3 is 1. The number of anilines is 2. The highest BCUT2D eigenvalue weighted by molar-refractivity contribution is 6.35. The van der Waals surface area contributed by atoms with Crippen molar-refractivity contribution in [2.24, 2.45) is 0 Å². The van der Waals surface area contributed by atoms with E-state index < -0.39 is 5.91 Å². The third-order valence-corrected chi connectivity index (χ3v) is 6.91. The summed E-state index contributed by atoms with van der Waals surface area (Å²) in [6.07, 6.45) is 1.51. The van der Waals surface area contributed by atoms with Gasteiger partial charge in [0.25, 0.3) is 11.8 Å². The van der Waals surface area contributed by atoms with Gasteiger partial charge in [0.15, 0.2) is 0 Å². The highest BCUT2D eigenvalue weighted by Crippen LogP contribution is 2.27. The predicted molar refractivity (Wildman–Crippen MR) is 161 cm³/mol. The first-order chi connectivity index (χ1) is 19.5. The standard InChI is InChI=1S/C31H37BN4O5/c1-20-25(29(37)34-22-6-8-24(9-7-22)41-15-12-36-10-13-40-14-11-36)18-23(19-33-20)35-30(38)26-16-21(31(2,3)4)17-27(32)28(26)39-5/h6-9,16-19H,10-15H2,1-5H3,(H,34,37)(H,35,38). The fourth-order valence-electron chi connectivity index (χ4n) is 4.46. The maximum atomic E-state index is 13.3. The van der Waals surface area contributed by atoms with Gasteiger partial charge in [0.1, 0.15) is 26.0 Å². The Hall–Kier alpha value is -3.89. The largest absolute Gasteiger partial charge is 0.497 e. The molecule has 0 saturated carbocycles. The zero-order chi connectivity index (χ0) is 29.6. The van der Waals surface area contributed by atoms with Gasteiger partial charge in [-0.2, -0.15) is 0 Å². The molecule has 2 aromatic carbocycles. The first kappa shape index (κ1) is 30.1. The van der Waals surface area contributed by atoms with Gasteiger partial charge in [-0.15, -0.1) is 0 Å². The molecule has 0 aliphatic carbocycles. The molecule has 0 bridgehead atoms. The average molecular weight is 556 g/mol. The molecule has 2 amide bonds. The summed E-state index contributed by atoms with van der Waals surface area (Å²) in [5.74, 6) is 0.261. The molecular weight excluding hydrogens is 519 g/mol. The molecule has 1 aliphatic heterocycles. The van der Waals surface area contributed by atoms with Crippen molar-refractivity contribution in [2.75, 3.05) is 57.2 Å². The summed E-state index contributed by atoms with van der Waals surface area (Å²) in [6.45, 7) is 12.6. The van der Waals surface area contributed by atoms with Crippen molar-refractivity contribution in [1.82, 2.24) is 9.88 Å². The average Bonchev–Trinajstić information content (AvgIpc) is 2.94. The van der Waals surface area contributed by atoms with Crippen LogP contribution < -0.4 is 25.6 Å². The zero-order valence-electron chi connectivity index (χ0n) is 24.4. The van der Waals surface area contributed by atoms with E-state index in [2.05, 4.69) is 20.5 Å². The number of carbonyl (C=O) groups excluding carboxylic acids is 2. The van der Waals surface area contributed by atoms with Gasteiger partial charge in [-0.1, -0.05) is 32.3 Å². The number of nitrogens with zero attached hydrogens (tertiary/aromatic N) is 2. The van der Waals surface area contributed by atoms with Crippen molar-refractivity contribution in [3.05, 3.63) is 71.0 Å². The number of benzene rings is 2. The van der Waals surface area contributed by atoms with Gasteiger partial charge in [-0.3, -0.25) is 19.5 Å². The molecule has 3 aromatic rings. The molecule has 2 heterocycles. The molecule has 1 saturated heterocycles. The van der Waals surface area contributed by atoms with Crippen molar-refractivity contribution >= 4 is 36.5 Å². The molecule has 0 unspecified atom stereocenters. The number of carbonyl (C=O) groups is 2.